The van der Waals surface area contributed by atoms with Crippen molar-refractivity contribution in [3.63, 3.8) is 0 Å². The van der Waals surface area contributed by atoms with Crippen LogP contribution in [0.5, 0.6) is 0 Å². The summed E-state index contributed by atoms with van der Waals surface area (Å²) in [4.78, 5) is 28.6. The molecule has 0 radical (unpaired) electrons. The van der Waals surface area contributed by atoms with Gasteiger partial charge >= 0.3 is 0 Å². The number of hydrogen-bond acceptors (Lipinski definition) is 4. The minimum absolute atomic E-state index is 0.113. The summed E-state index contributed by atoms with van der Waals surface area (Å²) in [6.07, 6.45) is 2.04. The van der Waals surface area contributed by atoms with Crippen LogP contribution in [0.25, 0.3) is 11.3 Å². The molecular formula is C28H33ClN4O3. The molecule has 4 rings (SSSR count). The van der Waals surface area contributed by atoms with Crippen LogP contribution in [-0.2, 0) is 10.4 Å². The maximum Gasteiger partial charge on any atom is 0.251 e. The smallest absolute Gasteiger partial charge is 0.251 e. The van der Waals surface area contributed by atoms with Crippen LogP contribution in [0.1, 0.15) is 50.0 Å². The lowest BCUT2D eigenvalue weighted by Crippen LogP contribution is -2.60. The molecule has 0 spiro atoms. The number of aromatic nitrogens is 2. The van der Waals surface area contributed by atoms with Crippen molar-refractivity contribution >= 4 is 23.4 Å². The highest BCUT2D eigenvalue weighted by molar-refractivity contribution is 6.30. The Morgan fingerprint density at radius 3 is 2.47 bits per heavy atom. The van der Waals surface area contributed by atoms with Gasteiger partial charge < -0.3 is 15.3 Å². The minimum Gasteiger partial charge on any atom is -0.384 e. The normalized spacial score (nSPS) is 20.2. The van der Waals surface area contributed by atoms with Crippen LogP contribution in [0.15, 0.2) is 60.8 Å². The molecule has 0 saturated carbocycles. The lowest BCUT2D eigenvalue weighted by Gasteiger charge is -2.51. The van der Waals surface area contributed by atoms with E-state index in [1.54, 1.807) is 35.4 Å². The second kappa shape index (κ2) is 10.1. The topological polar surface area (TPSA) is 98.3 Å². The maximum atomic E-state index is 13.6. The highest BCUT2D eigenvalue weighted by atomic mass is 35.5. The van der Waals surface area contributed by atoms with Crippen LogP contribution in [0.3, 0.4) is 0 Å². The molecule has 190 valence electrons. The van der Waals surface area contributed by atoms with E-state index in [9.17, 15) is 14.7 Å². The number of aliphatic hydroxyl groups is 1. The van der Waals surface area contributed by atoms with Crippen LogP contribution in [0.2, 0.25) is 5.02 Å². The van der Waals surface area contributed by atoms with E-state index in [4.69, 9.17) is 11.6 Å². The lowest BCUT2D eigenvalue weighted by atomic mass is 9.66. The number of H-pyrrole nitrogens is 1. The van der Waals surface area contributed by atoms with Crippen molar-refractivity contribution in [3.05, 3.63) is 76.9 Å². The van der Waals surface area contributed by atoms with Gasteiger partial charge in [0.25, 0.3) is 5.91 Å². The molecule has 1 fully saturated rings. The van der Waals surface area contributed by atoms with Crippen LogP contribution in [-0.4, -0.2) is 51.1 Å². The molecule has 36 heavy (non-hydrogen) atoms. The number of amides is 2. The number of rotatable bonds is 6. The quantitative estimate of drug-likeness (QED) is 0.452. The van der Waals surface area contributed by atoms with E-state index in [-0.39, 0.29) is 17.7 Å². The lowest BCUT2D eigenvalue weighted by molar-refractivity contribution is -0.155. The van der Waals surface area contributed by atoms with Gasteiger partial charge in [-0.25, -0.2) is 0 Å². The van der Waals surface area contributed by atoms with Crippen LogP contribution in [0.4, 0.5) is 0 Å². The predicted octanol–water partition coefficient (Wildman–Crippen LogP) is 4.63. The molecule has 3 N–H and O–H groups in total. The molecule has 2 unspecified atom stereocenters. The summed E-state index contributed by atoms with van der Waals surface area (Å²) in [6.45, 7) is 8.51. The molecule has 0 bridgehead atoms. The molecule has 3 aromatic rings. The molecule has 0 aliphatic carbocycles. The summed E-state index contributed by atoms with van der Waals surface area (Å²) in [6, 6.07) is 15.6. The fraction of sp³-hybridized carbons (Fsp3) is 0.393. The van der Waals surface area contributed by atoms with Crippen molar-refractivity contribution in [1.29, 1.82) is 0 Å². The Balaban J connectivity index is 1.50. The molecule has 1 aromatic heterocycles. The number of aromatic amines is 1. The Hall–Kier alpha value is -3.16. The Bertz CT molecular complexity index is 1220. The number of halogens is 1. The molecular weight excluding hydrogens is 476 g/mol. The third-order valence-electron chi connectivity index (χ3n) is 7.24. The number of piperidine rings is 1. The number of benzene rings is 2. The second-order valence-corrected chi connectivity index (χ2v) is 10.9. The minimum atomic E-state index is -1.10. The van der Waals surface area contributed by atoms with Gasteiger partial charge in [-0.05, 0) is 48.2 Å². The van der Waals surface area contributed by atoms with Crippen LogP contribution >= 0.6 is 11.6 Å². The van der Waals surface area contributed by atoms with E-state index in [1.165, 1.54) is 0 Å². The third kappa shape index (κ3) is 5.04. The van der Waals surface area contributed by atoms with Gasteiger partial charge in [-0.2, -0.15) is 5.10 Å². The highest BCUT2D eigenvalue weighted by Crippen LogP contribution is 2.46. The van der Waals surface area contributed by atoms with E-state index in [2.05, 4.69) is 15.5 Å². The highest BCUT2D eigenvalue weighted by Gasteiger charge is 2.50. The molecule has 2 amide bonds. The Morgan fingerprint density at radius 2 is 1.86 bits per heavy atom. The summed E-state index contributed by atoms with van der Waals surface area (Å²) in [5.41, 5.74) is 1.19. The summed E-state index contributed by atoms with van der Waals surface area (Å²) < 4.78 is 0. The van der Waals surface area contributed by atoms with E-state index in [0.717, 1.165) is 16.8 Å². The van der Waals surface area contributed by atoms with Crippen LogP contribution < -0.4 is 5.32 Å². The first-order chi connectivity index (χ1) is 17.0. The van der Waals surface area contributed by atoms with Gasteiger partial charge in [0, 0.05) is 40.9 Å². The van der Waals surface area contributed by atoms with Gasteiger partial charge in [0.2, 0.25) is 5.91 Å². The first-order valence-corrected chi connectivity index (χ1v) is 12.6. The first kappa shape index (κ1) is 25.9. The van der Waals surface area contributed by atoms with E-state index < -0.39 is 17.1 Å². The number of nitrogens with one attached hydrogen (secondary N) is 2. The molecule has 2 heterocycles. The zero-order valence-electron chi connectivity index (χ0n) is 21.1. The van der Waals surface area contributed by atoms with Crippen molar-refractivity contribution in [2.45, 2.75) is 45.8 Å². The van der Waals surface area contributed by atoms with Gasteiger partial charge in [-0.3, -0.25) is 14.7 Å². The zero-order valence-corrected chi connectivity index (χ0v) is 21.8. The van der Waals surface area contributed by atoms with Gasteiger partial charge in [-0.15, -0.1) is 0 Å². The molecule has 2 atom stereocenters. The number of likely N-dealkylation sites (tertiary alicyclic amines) is 1. The van der Waals surface area contributed by atoms with Crippen molar-refractivity contribution in [3.8, 4) is 11.3 Å². The van der Waals surface area contributed by atoms with Crippen molar-refractivity contribution in [2.75, 3.05) is 13.1 Å². The fourth-order valence-corrected chi connectivity index (χ4v) is 5.08. The van der Waals surface area contributed by atoms with Crippen molar-refractivity contribution in [2.24, 2.45) is 11.3 Å². The van der Waals surface area contributed by atoms with Gasteiger partial charge in [0.1, 0.15) is 6.04 Å². The molecule has 1 aliphatic heterocycles. The number of carbonyl (C=O) groups excluding carboxylic acids is 2. The second-order valence-electron chi connectivity index (χ2n) is 10.5. The summed E-state index contributed by atoms with van der Waals surface area (Å²) >= 11 is 6.04. The standard InChI is InChI=1S/C28H33ClN4O3/c1-18(2)24(31-25(34)20-7-5-6-19(16-20)23-12-14-30-32-23)26(35)33-15-13-28(36,27(3,4)17-33)21-8-10-22(29)11-9-21/h5-12,14,16,18,24,36H,13,15,17H2,1-4H3,(H,30,32)(H,31,34). The molecule has 8 heteroatoms. The van der Waals surface area contributed by atoms with E-state index in [0.29, 0.717) is 30.1 Å². The summed E-state index contributed by atoms with van der Waals surface area (Å²) in [5, 5.41) is 22.1. The monoisotopic (exact) mass is 508 g/mol. The van der Waals surface area contributed by atoms with Crippen molar-refractivity contribution < 1.29 is 14.7 Å². The predicted molar refractivity (Wildman–Crippen MR) is 140 cm³/mol. The zero-order chi connectivity index (χ0) is 26.1. The molecule has 1 aliphatic rings. The Labute approximate surface area is 216 Å². The molecule has 1 saturated heterocycles. The number of hydrogen-bond donors (Lipinski definition) is 3. The molecule has 2 aromatic carbocycles. The number of nitrogens with zero attached hydrogens (tertiary/aromatic N) is 2. The largest absolute Gasteiger partial charge is 0.384 e. The Kier molecular flexibility index (Phi) is 7.25. The first-order valence-electron chi connectivity index (χ1n) is 12.2. The summed E-state index contributed by atoms with van der Waals surface area (Å²) in [7, 11) is 0. The van der Waals surface area contributed by atoms with Gasteiger partial charge in [0.15, 0.2) is 0 Å². The maximum absolute atomic E-state index is 13.6. The number of carbonyl (C=O) groups is 2. The summed E-state index contributed by atoms with van der Waals surface area (Å²) in [5.74, 6) is -0.566. The van der Waals surface area contributed by atoms with Gasteiger partial charge in [-0.1, -0.05) is 63.6 Å². The third-order valence-corrected chi connectivity index (χ3v) is 7.49. The molecule has 7 nitrogen and oxygen atoms in total. The van der Waals surface area contributed by atoms with E-state index in [1.807, 2.05) is 58.0 Å². The SMILES string of the molecule is CC(C)C(NC(=O)c1cccc(-c2ccn[nH]2)c1)C(=O)N1CCC(O)(c2ccc(Cl)cc2)C(C)(C)C1. The van der Waals surface area contributed by atoms with E-state index >= 15 is 0 Å². The van der Waals surface area contributed by atoms with Gasteiger partial charge in [0.05, 0.1) is 11.3 Å². The fourth-order valence-electron chi connectivity index (χ4n) is 4.95. The average molecular weight is 509 g/mol. The Morgan fingerprint density at radius 1 is 1.14 bits per heavy atom. The van der Waals surface area contributed by atoms with Crippen LogP contribution in [0, 0.1) is 11.3 Å². The average Bonchev–Trinajstić information content (AvgIpc) is 3.39. The van der Waals surface area contributed by atoms with Crippen molar-refractivity contribution in [1.82, 2.24) is 20.4 Å².